The highest BCUT2D eigenvalue weighted by atomic mass is 16.5. The van der Waals surface area contributed by atoms with Crippen molar-refractivity contribution in [3.05, 3.63) is 11.7 Å². The minimum absolute atomic E-state index is 0.0258. The number of rotatable bonds is 3. The molecule has 6 nitrogen and oxygen atoms in total. The normalized spacial score (nSPS) is 19.6. The van der Waals surface area contributed by atoms with Gasteiger partial charge in [0.1, 0.15) is 5.60 Å². The van der Waals surface area contributed by atoms with E-state index >= 15 is 0 Å². The lowest BCUT2D eigenvalue weighted by Gasteiger charge is -2.32. The molecule has 0 bridgehead atoms. The smallest absolute Gasteiger partial charge is 0.293 e. The van der Waals surface area contributed by atoms with Gasteiger partial charge in [0.05, 0.1) is 0 Å². The Balaban J connectivity index is 2.28. The van der Waals surface area contributed by atoms with E-state index in [1.54, 1.807) is 7.11 Å². The van der Waals surface area contributed by atoms with Crippen LogP contribution in [0.3, 0.4) is 0 Å². The number of aromatic nitrogens is 2. The summed E-state index contributed by atoms with van der Waals surface area (Å²) < 4.78 is 15.6. The van der Waals surface area contributed by atoms with Crippen LogP contribution in [0, 0.1) is 0 Å². The number of carbonyl (C=O) groups excluding carboxylic acids is 1. The molecule has 88 valence electrons. The van der Waals surface area contributed by atoms with Crippen molar-refractivity contribution in [3.8, 4) is 0 Å². The Kier molecular flexibility index (Phi) is 3.02. The highest BCUT2D eigenvalue weighted by Gasteiger charge is 2.39. The van der Waals surface area contributed by atoms with Crippen molar-refractivity contribution in [1.82, 2.24) is 10.1 Å². The van der Waals surface area contributed by atoms with Gasteiger partial charge in [0.2, 0.25) is 11.6 Å². The highest BCUT2D eigenvalue weighted by molar-refractivity contribution is 5.89. The molecular formula is C10H14N2O4. The molecule has 2 heterocycles. The Morgan fingerprint density at radius 3 is 2.62 bits per heavy atom. The molecule has 1 aromatic rings. The van der Waals surface area contributed by atoms with Crippen molar-refractivity contribution in [1.29, 1.82) is 0 Å². The second-order valence-electron chi connectivity index (χ2n) is 3.79. The molecule has 1 aliphatic heterocycles. The summed E-state index contributed by atoms with van der Waals surface area (Å²) in [7, 11) is 1.61. The molecule has 1 fully saturated rings. The van der Waals surface area contributed by atoms with Crippen LogP contribution in [0.2, 0.25) is 0 Å². The summed E-state index contributed by atoms with van der Waals surface area (Å²) in [4.78, 5) is 15.1. The molecule has 0 aromatic carbocycles. The van der Waals surface area contributed by atoms with Crippen LogP contribution in [-0.4, -0.2) is 36.2 Å². The van der Waals surface area contributed by atoms with Crippen LogP contribution in [0.15, 0.2) is 4.52 Å². The lowest BCUT2D eigenvalue weighted by molar-refractivity contribution is -0.101. The molecular weight excluding hydrogens is 212 g/mol. The van der Waals surface area contributed by atoms with Gasteiger partial charge >= 0.3 is 0 Å². The van der Waals surface area contributed by atoms with Crippen molar-refractivity contribution in [2.24, 2.45) is 0 Å². The van der Waals surface area contributed by atoms with Gasteiger partial charge in [0.25, 0.3) is 5.89 Å². The largest absolute Gasteiger partial charge is 0.381 e. The van der Waals surface area contributed by atoms with E-state index in [1.807, 2.05) is 0 Å². The standard InChI is InChI=1S/C10H14N2O4/c1-7(13)8-11-9(12-16-8)10(14-2)3-5-15-6-4-10/h3-6H2,1-2H3. The van der Waals surface area contributed by atoms with Crippen molar-refractivity contribution in [3.63, 3.8) is 0 Å². The van der Waals surface area contributed by atoms with Crippen molar-refractivity contribution in [2.75, 3.05) is 20.3 Å². The number of hydrogen-bond donors (Lipinski definition) is 0. The molecule has 1 saturated heterocycles. The van der Waals surface area contributed by atoms with Gasteiger partial charge in [0.15, 0.2) is 0 Å². The average Bonchev–Trinajstić information content (AvgIpc) is 2.80. The van der Waals surface area contributed by atoms with E-state index in [-0.39, 0.29) is 11.7 Å². The molecule has 0 radical (unpaired) electrons. The Morgan fingerprint density at radius 2 is 2.12 bits per heavy atom. The fourth-order valence-corrected chi connectivity index (χ4v) is 1.77. The maximum atomic E-state index is 11.1. The molecule has 1 aromatic heterocycles. The Hall–Kier alpha value is -1.27. The second-order valence-corrected chi connectivity index (χ2v) is 3.79. The number of hydrogen-bond acceptors (Lipinski definition) is 6. The van der Waals surface area contributed by atoms with Gasteiger partial charge in [-0.25, -0.2) is 0 Å². The number of carbonyl (C=O) groups is 1. The van der Waals surface area contributed by atoms with Crippen LogP contribution in [0.25, 0.3) is 0 Å². The van der Waals surface area contributed by atoms with Crippen LogP contribution in [0.5, 0.6) is 0 Å². The lowest BCUT2D eigenvalue weighted by atomic mass is 9.93. The quantitative estimate of drug-likeness (QED) is 0.713. The third-order valence-corrected chi connectivity index (χ3v) is 2.83. The van der Waals surface area contributed by atoms with E-state index in [0.29, 0.717) is 31.9 Å². The monoisotopic (exact) mass is 226 g/mol. The predicted octanol–water partition coefficient (Wildman–Crippen LogP) is 0.924. The first-order chi connectivity index (χ1) is 7.68. The van der Waals surface area contributed by atoms with Crippen molar-refractivity contribution in [2.45, 2.75) is 25.4 Å². The summed E-state index contributed by atoms with van der Waals surface area (Å²) in [5.41, 5.74) is -0.574. The molecule has 0 aliphatic carbocycles. The number of ketones is 1. The highest BCUT2D eigenvalue weighted by Crippen LogP contribution is 2.33. The summed E-state index contributed by atoms with van der Waals surface area (Å²) in [6.45, 7) is 2.58. The van der Waals surface area contributed by atoms with Gasteiger partial charge in [-0.05, 0) is 0 Å². The fourth-order valence-electron chi connectivity index (χ4n) is 1.77. The summed E-state index contributed by atoms with van der Waals surface area (Å²) in [6, 6.07) is 0. The molecule has 6 heteroatoms. The second kappa shape index (κ2) is 4.31. The third kappa shape index (κ3) is 1.85. The maximum Gasteiger partial charge on any atom is 0.293 e. The van der Waals surface area contributed by atoms with Crippen LogP contribution in [0.1, 0.15) is 36.3 Å². The summed E-state index contributed by atoms with van der Waals surface area (Å²) in [6.07, 6.45) is 1.33. The Labute approximate surface area is 92.9 Å². The minimum atomic E-state index is -0.574. The van der Waals surface area contributed by atoms with Gasteiger partial charge in [0, 0.05) is 40.1 Å². The average molecular weight is 226 g/mol. The molecule has 2 rings (SSSR count). The van der Waals surface area contributed by atoms with Crippen molar-refractivity contribution < 1.29 is 18.8 Å². The van der Waals surface area contributed by atoms with Crippen LogP contribution in [-0.2, 0) is 15.1 Å². The molecule has 0 amide bonds. The maximum absolute atomic E-state index is 11.1. The number of nitrogens with zero attached hydrogens (tertiary/aromatic N) is 2. The lowest BCUT2D eigenvalue weighted by Crippen LogP contribution is -2.36. The van der Waals surface area contributed by atoms with Crippen LogP contribution >= 0.6 is 0 Å². The van der Waals surface area contributed by atoms with Crippen LogP contribution < -0.4 is 0 Å². The molecule has 16 heavy (non-hydrogen) atoms. The number of ether oxygens (including phenoxy) is 2. The number of Topliss-reactive ketones (excluding diaryl/α,β-unsaturated/α-hetero) is 1. The molecule has 0 spiro atoms. The van der Waals surface area contributed by atoms with Crippen molar-refractivity contribution >= 4 is 5.78 Å². The first-order valence-electron chi connectivity index (χ1n) is 5.16. The minimum Gasteiger partial charge on any atom is -0.381 e. The predicted molar refractivity (Wildman–Crippen MR) is 53.0 cm³/mol. The molecule has 0 atom stereocenters. The van der Waals surface area contributed by atoms with E-state index < -0.39 is 5.60 Å². The van der Waals surface area contributed by atoms with Gasteiger partial charge in [-0.1, -0.05) is 5.16 Å². The zero-order valence-electron chi connectivity index (χ0n) is 9.36. The first kappa shape index (κ1) is 11.2. The van der Waals surface area contributed by atoms with E-state index in [0.717, 1.165) is 0 Å². The SMILES string of the molecule is COC1(c2noc(C(C)=O)n2)CCOCC1. The molecule has 1 aliphatic rings. The van der Waals surface area contributed by atoms with E-state index in [1.165, 1.54) is 6.92 Å². The third-order valence-electron chi connectivity index (χ3n) is 2.83. The van der Waals surface area contributed by atoms with E-state index in [2.05, 4.69) is 10.1 Å². The fraction of sp³-hybridized carbons (Fsp3) is 0.700. The van der Waals surface area contributed by atoms with E-state index in [4.69, 9.17) is 14.0 Å². The van der Waals surface area contributed by atoms with Crippen LogP contribution in [0.4, 0.5) is 0 Å². The number of methoxy groups -OCH3 is 1. The topological polar surface area (TPSA) is 74.5 Å². The molecule has 0 N–H and O–H groups in total. The first-order valence-corrected chi connectivity index (χ1v) is 5.16. The van der Waals surface area contributed by atoms with Gasteiger partial charge < -0.3 is 14.0 Å². The van der Waals surface area contributed by atoms with Gasteiger partial charge in [-0.2, -0.15) is 4.98 Å². The molecule has 0 saturated carbocycles. The zero-order chi connectivity index (χ0) is 11.6. The van der Waals surface area contributed by atoms with Gasteiger partial charge in [-0.3, -0.25) is 4.79 Å². The summed E-state index contributed by atoms with van der Waals surface area (Å²) in [5.74, 6) is 0.221. The molecule has 0 unspecified atom stereocenters. The van der Waals surface area contributed by atoms with E-state index in [9.17, 15) is 4.79 Å². The Morgan fingerprint density at radius 1 is 1.44 bits per heavy atom. The Bertz CT molecular complexity index is 382. The summed E-state index contributed by atoms with van der Waals surface area (Å²) in [5, 5.41) is 3.82. The zero-order valence-corrected chi connectivity index (χ0v) is 9.36. The van der Waals surface area contributed by atoms with Gasteiger partial charge in [-0.15, -0.1) is 0 Å². The summed E-state index contributed by atoms with van der Waals surface area (Å²) >= 11 is 0.